The molecule has 3 nitrogen and oxygen atoms in total. The number of benzene rings is 5. The normalized spacial score (nSPS) is 17.7. The van der Waals surface area contributed by atoms with Crippen LogP contribution in [0.25, 0.3) is 72.8 Å². The summed E-state index contributed by atoms with van der Waals surface area (Å²) in [6.07, 6.45) is 15.8. The summed E-state index contributed by atoms with van der Waals surface area (Å²) in [4.78, 5) is 3.68. The van der Waals surface area contributed by atoms with Gasteiger partial charge in [0.2, 0.25) is 0 Å². The lowest BCUT2D eigenvalue weighted by Gasteiger charge is -2.31. The number of hydrogen-bond acceptors (Lipinski definition) is 2. The molecule has 0 saturated carbocycles. The molecule has 0 bridgehead atoms. The van der Waals surface area contributed by atoms with Gasteiger partial charge in [-0.1, -0.05) is 124 Å². The number of aromatic nitrogens is 1. The Balaban J connectivity index is 1.13. The molecule has 276 valence electrons. The lowest BCUT2D eigenvalue weighted by Crippen LogP contribution is -2.24. The number of hydrogen-bond donors (Lipinski definition) is 2. The first-order valence-electron chi connectivity index (χ1n) is 20.4. The molecule has 1 unspecified atom stereocenters. The van der Waals surface area contributed by atoms with Gasteiger partial charge in [-0.3, -0.25) is 0 Å². The van der Waals surface area contributed by atoms with Crippen LogP contribution in [0.3, 0.4) is 0 Å². The van der Waals surface area contributed by atoms with Gasteiger partial charge in [-0.2, -0.15) is 0 Å². The third-order valence-corrected chi connectivity index (χ3v) is 12.5. The average Bonchev–Trinajstić information content (AvgIpc) is 3.84. The Kier molecular flexibility index (Phi) is 8.18. The van der Waals surface area contributed by atoms with E-state index in [-0.39, 0.29) is 5.41 Å². The molecule has 7 aromatic rings. The van der Waals surface area contributed by atoms with Crippen molar-refractivity contribution in [3.63, 3.8) is 0 Å². The van der Waals surface area contributed by atoms with Crippen LogP contribution in [-0.2, 0) is 0 Å². The van der Waals surface area contributed by atoms with Crippen LogP contribution < -0.4 is 16.0 Å². The quantitative estimate of drug-likeness (QED) is 0.172. The molecule has 1 atom stereocenters. The second-order valence-electron chi connectivity index (χ2n) is 16.4. The van der Waals surface area contributed by atoms with E-state index in [1.165, 1.54) is 49.2 Å². The van der Waals surface area contributed by atoms with Crippen LogP contribution in [0.15, 0.2) is 148 Å². The minimum atomic E-state index is -0.0415. The van der Waals surface area contributed by atoms with Crippen molar-refractivity contribution in [3.05, 3.63) is 160 Å². The summed E-state index contributed by atoms with van der Waals surface area (Å²) in [6, 6.07) is 37.8. The zero-order valence-corrected chi connectivity index (χ0v) is 33.0. The molecule has 0 saturated heterocycles. The van der Waals surface area contributed by atoms with E-state index in [0.717, 1.165) is 81.3 Å². The Bertz CT molecular complexity index is 3010. The fraction of sp³-hybridized carbons (Fsp3) is 0.208. The number of fused-ring (bicyclic) bond motifs is 6. The van der Waals surface area contributed by atoms with Gasteiger partial charge >= 0.3 is 0 Å². The fourth-order valence-corrected chi connectivity index (χ4v) is 10.0. The minimum Gasteiger partial charge on any atom is -0.456 e. The van der Waals surface area contributed by atoms with Gasteiger partial charge in [0, 0.05) is 60.3 Å². The summed E-state index contributed by atoms with van der Waals surface area (Å²) in [5.41, 5.74) is 19.5. The summed E-state index contributed by atoms with van der Waals surface area (Å²) >= 11 is 0. The number of rotatable bonds is 7. The zero-order valence-electron chi connectivity index (χ0n) is 33.0. The van der Waals surface area contributed by atoms with Crippen LogP contribution in [0.2, 0.25) is 0 Å². The fourth-order valence-electron chi connectivity index (χ4n) is 10.0. The Hall–Kier alpha value is -6.06. The molecule has 56 heavy (non-hydrogen) atoms. The summed E-state index contributed by atoms with van der Waals surface area (Å²) in [5.74, 6) is 0.491. The van der Waals surface area contributed by atoms with Crippen LogP contribution in [0.1, 0.15) is 65.9 Å². The lowest BCUT2D eigenvalue weighted by atomic mass is 9.72. The van der Waals surface area contributed by atoms with E-state index >= 15 is 0 Å². The highest BCUT2D eigenvalue weighted by atomic mass is 16.3. The highest BCUT2D eigenvalue weighted by molar-refractivity contribution is 6.08. The van der Waals surface area contributed by atoms with E-state index in [1.54, 1.807) is 5.57 Å². The van der Waals surface area contributed by atoms with Crippen LogP contribution in [0.5, 0.6) is 0 Å². The molecule has 0 spiro atoms. The van der Waals surface area contributed by atoms with Gasteiger partial charge in [-0.15, -0.1) is 0 Å². The molecule has 3 aliphatic rings. The van der Waals surface area contributed by atoms with Gasteiger partial charge in [-0.05, 0) is 120 Å². The van der Waals surface area contributed by atoms with Gasteiger partial charge in [-0.25, -0.2) is 0 Å². The summed E-state index contributed by atoms with van der Waals surface area (Å²) in [7, 11) is 0. The van der Waals surface area contributed by atoms with Crippen LogP contribution in [-0.4, -0.2) is 4.98 Å². The van der Waals surface area contributed by atoms with Crippen LogP contribution >= 0.6 is 0 Å². The van der Waals surface area contributed by atoms with E-state index in [9.17, 15) is 0 Å². The Morgan fingerprint density at radius 2 is 1.59 bits per heavy atom. The second kappa shape index (κ2) is 13.3. The van der Waals surface area contributed by atoms with Crippen LogP contribution in [0.4, 0.5) is 11.4 Å². The third kappa shape index (κ3) is 5.47. The first-order valence-corrected chi connectivity index (χ1v) is 20.4. The van der Waals surface area contributed by atoms with E-state index in [0.29, 0.717) is 5.92 Å². The average molecular weight is 729 g/mol. The number of furan rings is 1. The number of anilines is 2. The summed E-state index contributed by atoms with van der Waals surface area (Å²) in [5, 5.41) is 8.86. The molecular weight excluding hydrogens is 681 g/mol. The molecule has 3 aliphatic carbocycles. The largest absolute Gasteiger partial charge is 0.456 e. The SMILES string of the molecule is C/C=C\C1=C(CC)C(C)(C)C2=C1CCC=C2c1ccccc1Nc1cc(-c2ccc3c(c2)[nH]c2ccccc23)cc(-c2cccc3c4c(oc23)=CCC(C)C=4)c1. The van der Waals surface area contributed by atoms with E-state index in [2.05, 4.69) is 178 Å². The highest BCUT2D eigenvalue weighted by Gasteiger charge is 2.41. The van der Waals surface area contributed by atoms with Gasteiger partial charge < -0.3 is 14.7 Å². The molecule has 3 heteroatoms. The predicted octanol–water partition coefficient (Wildman–Crippen LogP) is 13.5. The standard InChI is InChI=1S/C53H48N2O/c1-6-14-38-42-18-13-19-43(51(42)53(4,5)46(38)7-2)40-16-9-10-21-47(40)54-36-29-34(33-24-25-41-39-15-8-11-22-48(39)55-49(41)31-33)28-35(30-36)37-17-12-20-44-45-27-32(3)23-26-50(45)56-52(37)44/h6,8-12,14-17,19-22,24-32,54-55H,7,13,18,23H2,1-5H3/b14-6-. The number of para-hydroxylation sites is 3. The maximum absolute atomic E-state index is 6.69. The lowest BCUT2D eigenvalue weighted by molar-refractivity contribution is 0.544. The minimum absolute atomic E-state index is 0.0415. The molecule has 0 amide bonds. The first kappa shape index (κ1) is 34.4. The van der Waals surface area contributed by atoms with Gasteiger partial charge in [0.1, 0.15) is 11.0 Å². The van der Waals surface area contributed by atoms with Gasteiger partial charge in [0.05, 0.1) is 0 Å². The molecule has 2 N–H and O–H groups in total. The highest BCUT2D eigenvalue weighted by Crippen LogP contribution is 2.57. The van der Waals surface area contributed by atoms with Gasteiger partial charge in [0.15, 0.2) is 0 Å². The van der Waals surface area contributed by atoms with Crippen LogP contribution in [0, 0.1) is 11.3 Å². The number of H-pyrrole nitrogens is 1. The van der Waals surface area contributed by atoms with Crippen molar-refractivity contribution < 1.29 is 4.42 Å². The first-order chi connectivity index (χ1) is 27.3. The second-order valence-corrected chi connectivity index (χ2v) is 16.4. The van der Waals surface area contributed by atoms with Crippen molar-refractivity contribution in [3.8, 4) is 22.3 Å². The van der Waals surface area contributed by atoms with Crippen molar-refractivity contribution in [2.24, 2.45) is 11.3 Å². The van der Waals surface area contributed by atoms with Crippen molar-refractivity contribution in [2.45, 2.75) is 60.3 Å². The van der Waals surface area contributed by atoms with Crippen molar-refractivity contribution in [1.82, 2.24) is 4.98 Å². The van der Waals surface area contributed by atoms with Gasteiger partial charge in [0.25, 0.3) is 0 Å². The van der Waals surface area contributed by atoms with Crippen molar-refractivity contribution >= 4 is 61.9 Å². The van der Waals surface area contributed by atoms with Crippen molar-refractivity contribution in [2.75, 3.05) is 5.32 Å². The summed E-state index contributed by atoms with van der Waals surface area (Å²) in [6.45, 7) is 11.6. The maximum atomic E-state index is 6.69. The molecule has 5 aromatic carbocycles. The topological polar surface area (TPSA) is 41.0 Å². The summed E-state index contributed by atoms with van der Waals surface area (Å²) < 4.78 is 6.69. The molecule has 2 heterocycles. The molecule has 0 fully saturated rings. The molecular formula is C53H48N2O. The molecule has 0 radical (unpaired) electrons. The Labute approximate surface area is 329 Å². The predicted molar refractivity (Wildman–Crippen MR) is 238 cm³/mol. The Morgan fingerprint density at radius 3 is 2.46 bits per heavy atom. The van der Waals surface area contributed by atoms with E-state index < -0.39 is 0 Å². The smallest absolute Gasteiger partial charge is 0.143 e. The zero-order chi connectivity index (χ0) is 38.1. The maximum Gasteiger partial charge on any atom is 0.143 e. The number of nitrogens with one attached hydrogen (secondary N) is 2. The third-order valence-electron chi connectivity index (χ3n) is 12.5. The monoisotopic (exact) mass is 728 g/mol. The van der Waals surface area contributed by atoms with E-state index in [1.807, 2.05) is 0 Å². The molecule has 10 rings (SSSR count). The molecule has 0 aliphatic heterocycles. The van der Waals surface area contributed by atoms with Crippen molar-refractivity contribution in [1.29, 1.82) is 0 Å². The molecule has 2 aromatic heterocycles. The number of aromatic amines is 1. The number of allylic oxidation sites excluding steroid dienone is 8. The Morgan fingerprint density at radius 1 is 0.804 bits per heavy atom. The van der Waals surface area contributed by atoms with E-state index in [4.69, 9.17) is 4.42 Å².